The van der Waals surface area contributed by atoms with E-state index in [0.29, 0.717) is 6.61 Å². The molecule has 0 spiro atoms. The quantitative estimate of drug-likeness (QED) is 0.292. The van der Waals surface area contributed by atoms with Crippen LogP contribution in [0.15, 0.2) is 41.8 Å². The minimum atomic E-state index is 0.0147. The van der Waals surface area contributed by atoms with Crippen molar-refractivity contribution in [2.24, 2.45) is 0 Å². The third-order valence-corrected chi connectivity index (χ3v) is 6.11. The first-order valence-corrected chi connectivity index (χ1v) is 11.7. The number of hydrogen-bond donors (Lipinski definition) is 2. The Kier molecular flexibility index (Phi) is 6.69. The molecule has 1 fully saturated rings. The van der Waals surface area contributed by atoms with Crippen molar-refractivity contribution in [1.82, 2.24) is 0 Å². The van der Waals surface area contributed by atoms with Gasteiger partial charge in [0.15, 0.2) is 0 Å². The van der Waals surface area contributed by atoms with E-state index in [2.05, 4.69) is 21.2 Å². The van der Waals surface area contributed by atoms with Crippen LogP contribution in [-0.2, 0) is 4.74 Å². The summed E-state index contributed by atoms with van der Waals surface area (Å²) in [5.74, 6) is 2.37. The van der Waals surface area contributed by atoms with Crippen molar-refractivity contribution in [3.05, 3.63) is 47.3 Å². The Hall–Kier alpha value is -2.09. The number of anilines is 1. The van der Waals surface area contributed by atoms with Crippen LogP contribution in [0.4, 0.5) is 5.69 Å². The first-order chi connectivity index (χ1) is 14.3. The summed E-state index contributed by atoms with van der Waals surface area (Å²) in [6, 6.07) is 11.7. The zero-order chi connectivity index (χ0) is 20.1. The first kappa shape index (κ1) is 20.2. The molecule has 1 aliphatic rings. The van der Waals surface area contributed by atoms with Gasteiger partial charge in [-0.15, -0.1) is 11.3 Å². The van der Waals surface area contributed by atoms with Crippen molar-refractivity contribution in [2.45, 2.75) is 25.5 Å². The van der Waals surface area contributed by atoms with E-state index in [1.54, 1.807) is 11.3 Å². The van der Waals surface area contributed by atoms with Crippen LogP contribution in [0.3, 0.4) is 0 Å². The molecule has 1 aliphatic heterocycles. The monoisotopic (exact) mass is 474 g/mol. The van der Waals surface area contributed by atoms with E-state index in [1.807, 2.05) is 41.8 Å². The summed E-state index contributed by atoms with van der Waals surface area (Å²) in [5, 5.41) is 15.2. The molecule has 2 aromatic carbocycles. The van der Waals surface area contributed by atoms with E-state index < -0.39 is 0 Å². The second-order valence-corrected chi connectivity index (χ2v) is 8.43. The summed E-state index contributed by atoms with van der Waals surface area (Å²) in [6.45, 7) is 1.42. The Labute approximate surface area is 182 Å². The molecular formula is C22H23BrN2O3S. The highest BCUT2D eigenvalue weighted by molar-refractivity contribution is 9.09. The van der Waals surface area contributed by atoms with Gasteiger partial charge in [-0.1, -0.05) is 15.9 Å². The lowest BCUT2D eigenvalue weighted by Crippen LogP contribution is -2.27. The van der Waals surface area contributed by atoms with Crippen LogP contribution in [0.25, 0.3) is 10.1 Å². The maximum absolute atomic E-state index is 7.94. The Bertz CT molecular complexity index is 968. The maximum Gasteiger partial charge on any atom is 0.145 e. The molecule has 0 radical (unpaired) electrons. The van der Waals surface area contributed by atoms with Crippen LogP contribution in [-0.4, -0.2) is 31.0 Å². The fraction of sp³-hybridized carbons (Fsp3) is 0.318. The highest BCUT2D eigenvalue weighted by Crippen LogP contribution is 2.39. The highest BCUT2D eigenvalue weighted by Gasteiger charge is 2.17. The number of hydrogen-bond acceptors (Lipinski definition) is 6. The summed E-state index contributed by atoms with van der Waals surface area (Å²) in [7, 11) is 0. The van der Waals surface area contributed by atoms with E-state index in [1.165, 1.54) is 6.21 Å². The highest BCUT2D eigenvalue weighted by atomic mass is 79.9. The standard InChI is InChI=1S/C22H23BrN2O3S/c23-10-12-26-15-4-6-16(7-5-15)28-20-14-29-22-17(20)8-9-19(18(22)13-24)25-21-3-1-2-11-27-21/h4-9,13-14,21,24-25H,1-3,10-12H2. The van der Waals surface area contributed by atoms with Crippen molar-refractivity contribution >= 4 is 49.3 Å². The van der Waals surface area contributed by atoms with Crippen molar-refractivity contribution in [2.75, 3.05) is 23.9 Å². The third-order valence-electron chi connectivity index (χ3n) is 4.78. The van der Waals surface area contributed by atoms with Gasteiger partial charge >= 0.3 is 0 Å². The zero-order valence-electron chi connectivity index (χ0n) is 15.9. The van der Waals surface area contributed by atoms with Crippen LogP contribution < -0.4 is 14.8 Å². The number of benzene rings is 2. The molecule has 0 amide bonds. The SMILES string of the molecule is N=Cc1c(NC2CCCCO2)ccc2c(Oc3ccc(OCCBr)cc3)csc12. The van der Waals surface area contributed by atoms with E-state index >= 15 is 0 Å². The smallest absolute Gasteiger partial charge is 0.145 e. The number of thiophene rings is 1. The average molecular weight is 475 g/mol. The Morgan fingerprint density at radius 3 is 2.72 bits per heavy atom. The van der Waals surface area contributed by atoms with Gasteiger partial charge in [0.25, 0.3) is 0 Å². The maximum atomic E-state index is 7.94. The molecule has 2 N–H and O–H groups in total. The second-order valence-electron chi connectivity index (χ2n) is 6.76. The predicted octanol–water partition coefficient (Wildman–Crippen LogP) is 6.40. The van der Waals surface area contributed by atoms with Crippen molar-refractivity contribution in [3.8, 4) is 17.2 Å². The van der Waals surface area contributed by atoms with Crippen molar-refractivity contribution in [3.63, 3.8) is 0 Å². The summed E-state index contributed by atoms with van der Waals surface area (Å²) >= 11 is 4.94. The third kappa shape index (κ3) is 4.74. The number of halogens is 1. The molecule has 0 saturated carbocycles. The van der Waals surface area contributed by atoms with Crippen molar-refractivity contribution in [1.29, 1.82) is 5.41 Å². The fourth-order valence-electron chi connectivity index (χ4n) is 3.36. The Balaban J connectivity index is 1.54. The molecular weight excluding hydrogens is 452 g/mol. The van der Waals surface area contributed by atoms with Crippen LogP contribution in [0.1, 0.15) is 24.8 Å². The molecule has 1 unspecified atom stereocenters. The molecule has 5 nitrogen and oxygen atoms in total. The van der Waals surface area contributed by atoms with Gasteiger partial charge in [-0.25, -0.2) is 0 Å². The van der Waals surface area contributed by atoms with E-state index in [-0.39, 0.29) is 6.23 Å². The summed E-state index contributed by atoms with van der Waals surface area (Å²) in [5.41, 5.74) is 1.80. The molecule has 1 saturated heterocycles. The van der Waals surface area contributed by atoms with Gasteiger partial charge in [0.05, 0.1) is 6.61 Å². The van der Waals surface area contributed by atoms with Crippen LogP contribution in [0, 0.1) is 5.41 Å². The summed E-state index contributed by atoms with van der Waals surface area (Å²) < 4.78 is 18.5. The van der Waals surface area contributed by atoms with Gasteiger partial charge in [0, 0.05) is 44.9 Å². The Morgan fingerprint density at radius 2 is 2.00 bits per heavy atom. The molecule has 3 aromatic rings. The van der Waals surface area contributed by atoms with Gasteiger partial charge in [0.2, 0.25) is 0 Å². The Morgan fingerprint density at radius 1 is 1.17 bits per heavy atom. The van der Waals surface area contributed by atoms with Crippen LogP contribution >= 0.6 is 27.3 Å². The van der Waals surface area contributed by atoms with Crippen LogP contribution in [0.2, 0.25) is 0 Å². The lowest BCUT2D eigenvalue weighted by atomic mass is 10.1. The fourth-order valence-corrected chi connectivity index (χ4v) is 4.51. The topological polar surface area (TPSA) is 63.6 Å². The number of nitrogens with one attached hydrogen (secondary N) is 2. The van der Waals surface area contributed by atoms with Crippen LogP contribution in [0.5, 0.6) is 17.2 Å². The van der Waals surface area contributed by atoms with E-state index in [9.17, 15) is 0 Å². The molecule has 29 heavy (non-hydrogen) atoms. The molecule has 7 heteroatoms. The lowest BCUT2D eigenvalue weighted by molar-refractivity contribution is 0.0343. The van der Waals surface area contributed by atoms with E-state index in [0.717, 1.165) is 69.8 Å². The minimum absolute atomic E-state index is 0.0147. The molecule has 1 aromatic heterocycles. The van der Waals surface area contributed by atoms with Gasteiger partial charge in [0.1, 0.15) is 23.5 Å². The molecule has 0 aliphatic carbocycles. The molecule has 0 bridgehead atoms. The number of alkyl halides is 1. The van der Waals surface area contributed by atoms with Gasteiger partial charge in [-0.3, -0.25) is 0 Å². The first-order valence-electron chi connectivity index (χ1n) is 9.68. The van der Waals surface area contributed by atoms with Gasteiger partial charge < -0.3 is 24.9 Å². The number of ether oxygens (including phenoxy) is 3. The van der Waals surface area contributed by atoms with E-state index in [4.69, 9.17) is 19.6 Å². The van der Waals surface area contributed by atoms with Gasteiger partial charge in [-0.2, -0.15) is 0 Å². The minimum Gasteiger partial charge on any atom is -0.493 e. The normalized spacial score (nSPS) is 16.5. The number of rotatable bonds is 8. The number of fused-ring (bicyclic) bond motifs is 1. The lowest BCUT2D eigenvalue weighted by Gasteiger charge is -2.25. The molecule has 4 rings (SSSR count). The van der Waals surface area contributed by atoms with Gasteiger partial charge in [-0.05, 0) is 55.7 Å². The summed E-state index contributed by atoms with van der Waals surface area (Å²) in [4.78, 5) is 0. The summed E-state index contributed by atoms with van der Waals surface area (Å²) in [6.07, 6.45) is 4.69. The zero-order valence-corrected chi connectivity index (χ0v) is 18.4. The largest absolute Gasteiger partial charge is 0.493 e. The van der Waals surface area contributed by atoms with Crippen molar-refractivity contribution < 1.29 is 14.2 Å². The molecule has 2 heterocycles. The molecule has 1 atom stereocenters. The predicted molar refractivity (Wildman–Crippen MR) is 123 cm³/mol. The molecule has 152 valence electrons. The second kappa shape index (κ2) is 9.61. The average Bonchev–Trinajstić information content (AvgIpc) is 3.16.